The maximum Gasteiger partial charge on any atom is 0.0547 e. The van der Waals surface area contributed by atoms with Gasteiger partial charge in [0, 0.05) is 86.9 Å². The molecule has 0 saturated carbocycles. The molecule has 0 aliphatic heterocycles. The van der Waals surface area contributed by atoms with Gasteiger partial charge < -0.3 is 18.9 Å². The third kappa shape index (κ3) is 8.12. The average Bonchev–Trinajstić information content (AvgIpc) is 2.86. The van der Waals surface area contributed by atoms with E-state index in [0.717, 1.165) is 67.7 Å². The van der Waals surface area contributed by atoms with E-state index in [2.05, 4.69) is 334 Å². The van der Waals surface area contributed by atoms with Gasteiger partial charge in [0.2, 0.25) is 0 Å². The number of thiophene rings is 1. The monoisotopic (exact) mass is 1100 g/mol. The second-order valence-electron chi connectivity index (χ2n) is 22.1. The molecule has 0 unspecified atom stereocenters. The molecule has 0 spiro atoms. The molecule has 0 radical (unpaired) electrons. The van der Waals surface area contributed by atoms with Gasteiger partial charge in [-0.15, -0.1) is 11.3 Å². The van der Waals surface area contributed by atoms with Crippen LogP contribution in [0.4, 0.5) is 34.1 Å². The lowest BCUT2D eigenvalue weighted by molar-refractivity contribution is 1.18. The van der Waals surface area contributed by atoms with E-state index in [0.29, 0.717) is 0 Å². The molecule has 0 saturated heterocycles. The number of nitrogens with zero attached hydrogens (tertiary/aromatic N) is 4. The van der Waals surface area contributed by atoms with Gasteiger partial charge in [0.15, 0.2) is 0 Å². The summed E-state index contributed by atoms with van der Waals surface area (Å²) in [6.45, 7) is 0. The minimum atomic E-state index is 1.06. The fourth-order valence-corrected chi connectivity index (χ4v) is 14.5. The maximum atomic E-state index is 2.51. The number of benzene rings is 14. The van der Waals surface area contributed by atoms with Crippen molar-refractivity contribution >= 4 is 131 Å². The Labute approximate surface area is 495 Å². The van der Waals surface area contributed by atoms with E-state index in [1.54, 1.807) is 0 Å². The summed E-state index contributed by atoms with van der Waals surface area (Å²) in [7, 11) is 0. The molecular formula is C80H52N4S. The minimum absolute atomic E-state index is 1.06. The van der Waals surface area contributed by atoms with Crippen LogP contribution in [0, 0.1) is 0 Å². The van der Waals surface area contributed by atoms with Gasteiger partial charge in [0.05, 0.1) is 27.8 Å². The van der Waals surface area contributed by atoms with Crippen LogP contribution in [0.3, 0.4) is 0 Å². The summed E-state index contributed by atoms with van der Waals surface area (Å²) in [6, 6.07) is 116. The third-order valence-electron chi connectivity index (χ3n) is 17.2. The van der Waals surface area contributed by atoms with Crippen LogP contribution >= 0.6 is 11.3 Å². The number of rotatable bonds is 10. The second kappa shape index (κ2) is 19.9. The van der Waals surface area contributed by atoms with Crippen molar-refractivity contribution in [2.24, 2.45) is 0 Å². The van der Waals surface area contributed by atoms with Crippen molar-refractivity contribution in [1.82, 2.24) is 9.13 Å². The molecule has 85 heavy (non-hydrogen) atoms. The summed E-state index contributed by atoms with van der Waals surface area (Å²) in [5.74, 6) is 0. The highest BCUT2D eigenvalue weighted by molar-refractivity contribution is 7.25. The highest BCUT2D eigenvalue weighted by Gasteiger charge is 2.22. The summed E-state index contributed by atoms with van der Waals surface area (Å²) >= 11 is 1.85. The Hall–Kier alpha value is -11.0. The van der Waals surface area contributed by atoms with E-state index < -0.39 is 0 Å². The quantitative estimate of drug-likeness (QED) is 0.127. The summed E-state index contributed by atoms with van der Waals surface area (Å²) in [5.41, 5.74) is 18.1. The number of para-hydroxylation sites is 4. The SMILES string of the molecule is c1ccc(N(c2ccccc2)c2cccc(N(c3cccc(-c4ccc5c(c4)c4cc(-c6ccc7c8ccccc8n(-c8ccccc8)c7c6)ccc4n5-c4cc5ccccc5c5ccccc45)c3)c3ccc4sc5ccccc5c4c3)c2)cc1. The van der Waals surface area contributed by atoms with Gasteiger partial charge in [-0.25, -0.2) is 0 Å². The highest BCUT2D eigenvalue weighted by Crippen LogP contribution is 2.46. The van der Waals surface area contributed by atoms with Crippen molar-refractivity contribution in [2.75, 3.05) is 9.80 Å². The Morgan fingerprint density at radius 2 is 0.706 bits per heavy atom. The van der Waals surface area contributed by atoms with Crippen molar-refractivity contribution in [3.63, 3.8) is 0 Å². The molecule has 0 amide bonds. The average molecular weight is 1100 g/mol. The molecule has 0 fully saturated rings. The van der Waals surface area contributed by atoms with E-state index in [9.17, 15) is 0 Å². The fourth-order valence-electron chi connectivity index (χ4n) is 13.4. The molecule has 3 heterocycles. The molecule has 0 aliphatic carbocycles. The predicted molar refractivity (Wildman–Crippen MR) is 363 cm³/mol. The molecule has 0 atom stereocenters. The molecule has 0 aliphatic rings. The van der Waals surface area contributed by atoms with Gasteiger partial charge in [-0.05, 0) is 172 Å². The Bertz CT molecular complexity index is 5410. The molecule has 14 aromatic carbocycles. The van der Waals surface area contributed by atoms with Crippen molar-refractivity contribution < 1.29 is 0 Å². The number of fused-ring (bicyclic) bond motifs is 12. The molecule has 398 valence electrons. The molecule has 5 heteroatoms. The number of hydrogen-bond acceptors (Lipinski definition) is 3. The zero-order valence-corrected chi connectivity index (χ0v) is 47.0. The van der Waals surface area contributed by atoms with Crippen LogP contribution in [0.25, 0.3) is 119 Å². The van der Waals surface area contributed by atoms with Gasteiger partial charge in [-0.2, -0.15) is 0 Å². The summed E-state index contributed by atoms with van der Waals surface area (Å²) in [6.07, 6.45) is 0. The largest absolute Gasteiger partial charge is 0.310 e. The molecule has 0 N–H and O–H groups in total. The summed E-state index contributed by atoms with van der Waals surface area (Å²) in [4.78, 5) is 4.77. The van der Waals surface area contributed by atoms with Gasteiger partial charge in [-0.1, -0.05) is 182 Å². The molecule has 17 rings (SSSR count). The van der Waals surface area contributed by atoms with E-state index >= 15 is 0 Å². The Morgan fingerprint density at radius 1 is 0.224 bits per heavy atom. The van der Waals surface area contributed by atoms with E-state index in [1.807, 2.05) is 11.3 Å². The van der Waals surface area contributed by atoms with Gasteiger partial charge >= 0.3 is 0 Å². The zero-order chi connectivity index (χ0) is 56.0. The van der Waals surface area contributed by atoms with Crippen LogP contribution in [0.2, 0.25) is 0 Å². The Kier molecular flexibility index (Phi) is 11.4. The van der Waals surface area contributed by atoms with Crippen LogP contribution in [-0.2, 0) is 0 Å². The first-order valence-electron chi connectivity index (χ1n) is 29.1. The topological polar surface area (TPSA) is 16.3 Å². The third-order valence-corrected chi connectivity index (χ3v) is 18.4. The Balaban J connectivity index is 0.861. The van der Waals surface area contributed by atoms with Crippen molar-refractivity contribution in [1.29, 1.82) is 0 Å². The molecule has 4 nitrogen and oxygen atoms in total. The van der Waals surface area contributed by atoms with Gasteiger partial charge in [-0.3, -0.25) is 0 Å². The predicted octanol–water partition coefficient (Wildman–Crippen LogP) is 22.8. The van der Waals surface area contributed by atoms with Crippen molar-refractivity contribution in [2.45, 2.75) is 0 Å². The highest BCUT2D eigenvalue weighted by atomic mass is 32.1. The van der Waals surface area contributed by atoms with Crippen LogP contribution in [0.1, 0.15) is 0 Å². The number of hydrogen-bond donors (Lipinski definition) is 0. The zero-order valence-electron chi connectivity index (χ0n) is 46.2. The lowest BCUT2D eigenvalue weighted by Crippen LogP contribution is -2.13. The van der Waals surface area contributed by atoms with Crippen LogP contribution in [-0.4, -0.2) is 9.13 Å². The lowest BCUT2D eigenvalue weighted by atomic mass is 9.99. The normalized spacial score (nSPS) is 11.8. The standard InChI is InChI=1S/C80H52N4S/c1-4-22-58(23-5-1)81(59-24-6-2-7-25-59)62-29-19-30-63(51-62)82(64-41-45-80-73(52-64)70-35-15-17-37-79(70)85-80)61-28-18-21-53(46-61)54-39-43-75-71(47-54)72-48-55(40-44-76(72)84(75)78-50-57-20-10-11-31-65(57)66-32-12-13-33-67(66)78)56-38-42-69-68-34-14-16-36-74(68)83(77(69)49-56)60-26-8-3-9-27-60/h1-52H. The van der Waals surface area contributed by atoms with Crippen molar-refractivity contribution in [3.8, 4) is 33.6 Å². The first-order valence-corrected chi connectivity index (χ1v) is 29.9. The first-order chi connectivity index (χ1) is 42.1. The maximum absolute atomic E-state index is 2.51. The van der Waals surface area contributed by atoms with E-state index in [1.165, 1.54) is 85.4 Å². The molecular weight excluding hydrogens is 1050 g/mol. The second-order valence-corrected chi connectivity index (χ2v) is 23.2. The minimum Gasteiger partial charge on any atom is -0.310 e. The van der Waals surface area contributed by atoms with E-state index in [4.69, 9.17) is 0 Å². The fraction of sp³-hybridized carbons (Fsp3) is 0. The van der Waals surface area contributed by atoms with Crippen LogP contribution < -0.4 is 9.80 Å². The smallest absolute Gasteiger partial charge is 0.0547 e. The molecule has 0 bridgehead atoms. The van der Waals surface area contributed by atoms with Gasteiger partial charge in [0.1, 0.15) is 0 Å². The number of aromatic nitrogens is 2. The summed E-state index contributed by atoms with van der Waals surface area (Å²) in [5, 5.41) is 12.3. The van der Waals surface area contributed by atoms with Gasteiger partial charge in [0.25, 0.3) is 0 Å². The number of anilines is 6. The molecule has 3 aromatic heterocycles. The molecule has 17 aromatic rings. The van der Waals surface area contributed by atoms with Crippen molar-refractivity contribution in [3.05, 3.63) is 315 Å². The van der Waals surface area contributed by atoms with Crippen LogP contribution in [0.5, 0.6) is 0 Å². The first kappa shape index (κ1) is 48.7. The Morgan fingerprint density at radius 3 is 1.42 bits per heavy atom. The lowest BCUT2D eigenvalue weighted by Gasteiger charge is -2.29. The van der Waals surface area contributed by atoms with Crippen LogP contribution in [0.15, 0.2) is 315 Å². The summed E-state index contributed by atoms with van der Waals surface area (Å²) < 4.78 is 7.48. The van der Waals surface area contributed by atoms with E-state index in [-0.39, 0.29) is 0 Å².